The molecule has 1 aliphatic heterocycles. The van der Waals surface area contributed by atoms with E-state index >= 15 is 0 Å². The van der Waals surface area contributed by atoms with Crippen molar-refractivity contribution in [1.82, 2.24) is 4.90 Å². The zero-order valence-electron chi connectivity index (χ0n) is 9.93. The van der Waals surface area contributed by atoms with Crippen LogP contribution in [0.1, 0.15) is 16.8 Å². The molecule has 1 atom stereocenters. The minimum absolute atomic E-state index is 0.0888. The summed E-state index contributed by atoms with van der Waals surface area (Å²) in [6.07, 6.45) is 2.89. The van der Waals surface area contributed by atoms with Crippen molar-refractivity contribution in [2.45, 2.75) is 11.3 Å². The standard InChI is InChI=1S/C13H17NO2S/c1-17-12-5-3-2-4-11(12)13(16)14-7-6-10(8-14)9-15/h2-5,10,15H,6-9H2,1H3. The molecule has 0 bridgehead atoms. The highest BCUT2D eigenvalue weighted by molar-refractivity contribution is 7.98. The second-order valence-corrected chi connectivity index (χ2v) is 5.14. The number of amides is 1. The van der Waals surface area contributed by atoms with Gasteiger partial charge < -0.3 is 10.0 Å². The van der Waals surface area contributed by atoms with Gasteiger partial charge in [-0.05, 0) is 24.8 Å². The van der Waals surface area contributed by atoms with Crippen LogP contribution in [0.5, 0.6) is 0 Å². The van der Waals surface area contributed by atoms with E-state index in [4.69, 9.17) is 5.11 Å². The van der Waals surface area contributed by atoms with Crippen LogP contribution in [0.4, 0.5) is 0 Å². The van der Waals surface area contributed by atoms with Crippen molar-refractivity contribution in [3.05, 3.63) is 29.8 Å². The maximum Gasteiger partial charge on any atom is 0.254 e. The van der Waals surface area contributed by atoms with Crippen molar-refractivity contribution in [3.8, 4) is 0 Å². The predicted octanol–water partition coefficient (Wildman–Crippen LogP) is 1.86. The van der Waals surface area contributed by atoms with E-state index < -0.39 is 0 Å². The fourth-order valence-corrected chi connectivity index (χ4v) is 2.75. The highest BCUT2D eigenvalue weighted by atomic mass is 32.2. The van der Waals surface area contributed by atoms with Gasteiger partial charge in [0.25, 0.3) is 5.91 Å². The zero-order chi connectivity index (χ0) is 12.3. The van der Waals surface area contributed by atoms with Gasteiger partial charge in [0.05, 0.1) is 5.56 Å². The summed E-state index contributed by atoms with van der Waals surface area (Å²) in [5.41, 5.74) is 0.776. The second kappa shape index (κ2) is 5.56. The van der Waals surface area contributed by atoms with E-state index in [0.717, 1.165) is 23.4 Å². The van der Waals surface area contributed by atoms with Crippen LogP contribution < -0.4 is 0 Å². The Hall–Kier alpha value is -1.00. The van der Waals surface area contributed by atoms with Crippen molar-refractivity contribution in [1.29, 1.82) is 0 Å². The number of carbonyl (C=O) groups excluding carboxylic acids is 1. The second-order valence-electron chi connectivity index (χ2n) is 4.29. The Morgan fingerprint density at radius 3 is 2.94 bits per heavy atom. The molecule has 1 saturated heterocycles. The van der Waals surface area contributed by atoms with Crippen LogP contribution in [0.15, 0.2) is 29.2 Å². The number of aliphatic hydroxyl groups excluding tert-OH is 1. The number of carbonyl (C=O) groups is 1. The van der Waals surface area contributed by atoms with Crippen LogP contribution in [0.3, 0.4) is 0 Å². The fraction of sp³-hybridized carbons (Fsp3) is 0.462. The van der Waals surface area contributed by atoms with Gasteiger partial charge in [-0.2, -0.15) is 0 Å². The van der Waals surface area contributed by atoms with Crippen molar-refractivity contribution in [3.63, 3.8) is 0 Å². The Morgan fingerprint density at radius 2 is 2.29 bits per heavy atom. The predicted molar refractivity (Wildman–Crippen MR) is 69.3 cm³/mol. The summed E-state index contributed by atoms with van der Waals surface area (Å²) < 4.78 is 0. The molecule has 1 aliphatic rings. The molecule has 4 heteroatoms. The average molecular weight is 251 g/mol. The van der Waals surface area contributed by atoms with Crippen molar-refractivity contribution >= 4 is 17.7 Å². The molecule has 1 heterocycles. The Bertz CT molecular complexity index is 408. The smallest absolute Gasteiger partial charge is 0.254 e. The van der Waals surface area contributed by atoms with Gasteiger partial charge in [0.15, 0.2) is 0 Å². The zero-order valence-corrected chi connectivity index (χ0v) is 10.7. The first-order valence-corrected chi connectivity index (χ1v) is 7.02. The molecule has 0 radical (unpaired) electrons. The third kappa shape index (κ3) is 2.64. The number of thioether (sulfide) groups is 1. The van der Waals surface area contributed by atoms with E-state index in [1.54, 1.807) is 11.8 Å². The van der Waals surface area contributed by atoms with Crippen LogP contribution in [-0.4, -0.2) is 41.9 Å². The first-order chi connectivity index (χ1) is 8.26. The Morgan fingerprint density at radius 1 is 1.53 bits per heavy atom. The van der Waals surface area contributed by atoms with Gasteiger partial charge in [0.1, 0.15) is 0 Å². The van der Waals surface area contributed by atoms with Gasteiger partial charge in [0, 0.05) is 30.5 Å². The average Bonchev–Trinajstić information content (AvgIpc) is 2.86. The lowest BCUT2D eigenvalue weighted by Crippen LogP contribution is -2.29. The first kappa shape index (κ1) is 12.5. The van der Waals surface area contributed by atoms with E-state index in [1.807, 2.05) is 35.4 Å². The number of likely N-dealkylation sites (tertiary alicyclic amines) is 1. The van der Waals surface area contributed by atoms with E-state index in [2.05, 4.69) is 0 Å². The van der Waals surface area contributed by atoms with Gasteiger partial charge in [-0.25, -0.2) is 0 Å². The molecule has 3 nitrogen and oxygen atoms in total. The molecule has 1 aromatic carbocycles. The molecule has 1 amide bonds. The number of aliphatic hydroxyl groups is 1. The number of nitrogens with zero attached hydrogens (tertiary/aromatic N) is 1. The summed E-state index contributed by atoms with van der Waals surface area (Å²) in [6, 6.07) is 7.69. The molecule has 1 N–H and O–H groups in total. The van der Waals surface area contributed by atoms with Crippen molar-refractivity contribution in [2.24, 2.45) is 5.92 Å². The molecule has 1 aromatic rings. The quantitative estimate of drug-likeness (QED) is 0.834. The maximum absolute atomic E-state index is 12.3. The summed E-state index contributed by atoms with van der Waals surface area (Å²) in [4.78, 5) is 15.2. The molecule has 2 rings (SSSR count). The molecular formula is C13H17NO2S. The highest BCUT2D eigenvalue weighted by Gasteiger charge is 2.27. The molecule has 0 aliphatic carbocycles. The molecule has 1 unspecified atom stereocenters. The van der Waals surface area contributed by atoms with Crippen LogP contribution in [0.2, 0.25) is 0 Å². The van der Waals surface area contributed by atoms with Crippen LogP contribution >= 0.6 is 11.8 Å². The molecule has 0 aromatic heterocycles. The first-order valence-electron chi connectivity index (χ1n) is 5.79. The molecule has 1 fully saturated rings. The Labute approximate surface area is 106 Å². The minimum atomic E-state index is 0.0888. The van der Waals surface area contributed by atoms with E-state index in [9.17, 15) is 4.79 Å². The monoisotopic (exact) mass is 251 g/mol. The van der Waals surface area contributed by atoms with E-state index in [-0.39, 0.29) is 18.4 Å². The largest absolute Gasteiger partial charge is 0.396 e. The summed E-state index contributed by atoms with van der Waals surface area (Å²) >= 11 is 1.59. The van der Waals surface area contributed by atoms with Crippen LogP contribution in [-0.2, 0) is 0 Å². The minimum Gasteiger partial charge on any atom is -0.396 e. The summed E-state index contributed by atoms with van der Waals surface area (Å²) in [6.45, 7) is 1.61. The Balaban J connectivity index is 2.15. The number of rotatable bonds is 3. The highest BCUT2D eigenvalue weighted by Crippen LogP contribution is 2.24. The Kier molecular flexibility index (Phi) is 4.07. The molecule has 92 valence electrons. The van der Waals surface area contributed by atoms with Crippen molar-refractivity contribution in [2.75, 3.05) is 26.0 Å². The summed E-state index contributed by atoms with van der Waals surface area (Å²) in [5, 5.41) is 9.09. The van der Waals surface area contributed by atoms with Crippen LogP contribution in [0.25, 0.3) is 0 Å². The van der Waals surface area contributed by atoms with Gasteiger partial charge in [-0.3, -0.25) is 4.79 Å². The lowest BCUT2D eigenvalue weighted by molar-refractivity contribution is 0.0778. The number of benzene rings is 1. The normalized spacial score (nSPS) is 19.6. The molecule has 17 heavy (non-hydrogen) atoms. The SMILES string of the molecule is CSc1ccccc1C(=O)N1CCC(CO)C1. The molecule has 0 spiro atoms. The summed E-state index contributed by atoms with van der Waals surface area (Å²) in [5.74, 6) is 0.339. The number of hydrogen-bond donors (Lipinski definition) is 1. The molecular weight excluding hydrogens is 234 g/mol. The van der Waals surface area contributed by atoms with Gasteiger partial charge in [-0.1, -0.05) is 12.1 Å². The number of hydrogen-bond acceptors (Lipinski definition) is 3. The van der Waals surface area contributed by atoms with E-state index in [1.165, 1.54) is 0 Å². The lowest BCUT2D eigenvalue weighted by Gasteiger charge is -2.17. The fourth-order valence-electron chi connectivity index (χ4n) is 2.16. The molecule has 0 saturated carbocycles. The van der Waals surface area contributed by atoms with Gasteiger partial charge >= 0.3 is 0 Å². The third-order valence-electron chi connectivity index (χ3n) is 3.17. The summed E-state index contributed by atoms with van der Waals surface area (Å²) in [7, 11) is 0. The third-order valence-corrected chi connectivity index (χ3v) is 3.96. The van der Waals surface area contributed by atoms with E-state index in [0.29, 0.717) is 6.54 Å². The van der Waals surface area contributed by atoms with Gasteiger partial charge in [-0.15, -0.1) is 11.8 Å². The van der Waals surface area contributed by atoms with Crippen LogP contribution in [0, 0.1) is 5.92 Å². The maximum atomic E-state index is 12.3. The van der Waals surface area contributed by atoms with Gasteiger partial charge in [0.2, 0.25) is 0 Å². The van der Waals surface area contributed by atoms with Crippen molar-refractivity contribution < 1.29 is 9.90 Å². The topological polar surface area (TPSA) is 40.5 Å². The lowest BCUT2D eigenvalue weighted by atomic mass is 10.1.